The zero-order valence-corrected chi connectivity index (χ0v) is 15.3. The Labute approximate surface area is 160 Å². The van der Waals surface area contributed by atoms with Crippen molar-refractivity contribution in [1.29, 1.82) is 0 Å². The third kappa shape index (κ3) is 3.86. The smallest absolute Gasteiger partial charge is 0.348 e. The summed E-state index contributed by atoms with van der Waals surface area (Å²) in [5.74, 6) is -0.137. The van der Waals surface area contributed by atoms with E-state index in [4.69, 9.17) is 37.4 Å². The molecule has 0 radical (unpaired) electrons. The Morgan fingerprint density at radius 1 is 1.23 bits per heavy atom. The van der Waals surface area contributed by atoms with E-state index in [1.807, 2.05) is 0 Å². The van der Waals surface area contributed by atoms with Crippen molar-refractivity contribution in [3.63, 3.8) is 0 Å². The molecule has 0 N–H and O–H groups in total. The van der Waals surface area contributed by atoms with Crippen LogP contribution in [0.15, 0.2) is 42.5 Å². The Morgan fingerprint density at radius 2 is 2.00 bits per heavy atom. The number of rotatable bonds is 4. The summed E-state index contributed by atoms with van der Waals surface area (Å²) in [6, 6.07) is 11.7. The minimum atomic E-state index is -0.905. The summed E-state index contributed by atoms with van der Waals surface area (Å²) in [6.07, 6.45) is -0.905. The summed E-state index contributed by atoms with van der Waals surface area (Å²) in [4.78, 5) is 26.0. The van der Waals surface area contributed by atoms with Crippen LogP contribution in [0.5, 0.6) is 11.5 Å². The molecule has 0 spiro atoms. The minimum absolute atomic E-state index is 0.0280. The summed E-state index contributed by atoms with van der Waals surface area (Å²) >= 11 is 11.9. The topological polar surface area (TPSA) is 65.1 Å². The molecule has 1 aliphatic heterocycles. The number of nitrogens with zero attached hydrogens (tertiary/aromatic N) is 1. The summed E-state index contributed by atoms with van der Waals surface area (Å²) in [6.45, 7) is -0.232. The second kappa shape index (κ2) is 7.85. The van der Waals surface area contributed by atoms with E-state index in [9.17, 15) is 9.59 Å². The number of methoxy groups -OCH3 is 1. The van der Waals surface area contributed by atoms with E-state index in [2.05, 4.69) is 0 Å². The number of carbonyl (C=O) groups excluding carboxylic acids is 2. The molecule has 136 valence electrons. The van der Waals surface area contributed by atoms with Crippen LogP contribution in [0, 0.1) is 0 Å². The first-order valence-electron chi connectivity index (χ1n) is 7.71. The van der Waals surface area contributed by atoms with Gasteiger partial charge in [0.2, 0.25) is 6.10 Å². The molecule has 1 aliphatic rings. The molecular weight excluding hydrogens is 381 g/mol. The van der Waals surface area contributed by atoms with Gasteiger partial charge < -0.3 is 19.1 Å². The van der Waals surface area contributed by atoms with Crippen molar-refractivity contribution in [2.24, 2.45) is 0 Å². The number of para-hydroxylation sites is 2. The van der Waals surface area contributed by atoms with Crippen molar-refractivity contribution in [2.75, 3.05) is 25.2 Å². The second-order valence-electron chi connectivity index (χ2n) is 5.47. The zero-order chi connectivity index (χ0) is 18.7. The molecule has 0 saturated heterocycles. The molecule has 1 unspecified atom stereocenters. The third-order valence-electron chi connectivity index (χ3n) is 3.78. The number of esters is 1. The fourth-order valence-corrected chi connectivity index (χ4v) is 3.00. The highest BCUT2D eigenvalue weighted by Gasteiger charge is 2.34. The van der Waals surface area contributed by atoms with E-state index in [-0.39, 0.29) is 19.1 Å². The van der Waals surface area contributed by atoms with Crippen LogP contribution in [0.25, 0.3) is 0 Å². The maximum absolute atomic E-state index is 12.7. The molecule has 1 atom stereocenters. The van der Waals surface area contributed by atoms with Crippen LogP contribution in [-0.4, -0.2) is 38.2 Å². The predicted molar refractivity (Wildman–Crippen MR) is 97.2 cm³/mol. The summed E-state index contributed by atoms with van der Waals surface area (Å²) in [5, 5.41) is 0.775. The molecule has 3 rings (SSSR count). The summed E-state index contributed by atoms with van der Waals surface area (Å²) in [5.41, 5.74) is 0.559. The Kier molecular flexibility index (Phi) is 5.54. The summed E-state index contributed by atoms with van der Waals surface area (Å²) < 4.78 is 15.8. The monoisotopic (exact) mass is 395 g/mol. The fraction of sp³-hybridized carbons (Fsp3) is 0.222. The third-order valence-corrected chi connectivity index (χ3v) is 4.31. The van der Waals surface area contributed by atoms with Gasteiger partial charge in [0.25, 0.3) is 5.91 Å². The van der Waals surface area contributed by atoms with Crippen LogP contribution in [0.3, 0.4) is 0 Å². The van der Waals surface area contributed by atoms with E-state index >= 15 is 0 Å². The zero-order valence-electron chi connectivity index (χ0n) is 13.8. The van der Waals surface area contributed by atoms with Gasteiger partial charge in [-0.2, -0.15) is 0 Å². The van der Waals surface area contributed by atoms with Gasteiger partial charge in [-0.1, -0.05) is 35.3 Å². The molecule has 0 bridgehead atoms. The lowest BCUT2D eigenvalue weighted by atomic mass is 10.2. The van der Waals surface area contributed by atoms with Crippen molar-refractivity contribution in [1.82, 2.24) is 0 Å². The largest absolute Gasteiger partial charge is 0.482 e. The van der Waals surface area contributed by atoms with Gasteiger partial charge in [-0.3, -0.25) is 4.79 Å². The average molecular weight is 396 g/mol. The second-order valence-corrected chi connectivity index (χ2v) is 6.31. The number of anilines is 1. The van der Waals surface area contributed by atoms with Crippen LogP contribution in [0.1, 0.15) is 0 Å². The van der Waals surface area contributed by atoms with Gasteiger partial charge in [0, 0.05) is 5.02 Å². The molecular formula is C18H15Cl2NO5. The molecule has 1 amide bonds. The van der Waals surface area contributed by atoms with Crippen LogP contribution in [0.2, 0.25) is 10.0 Å². The molecule has 0 fully saturated rings. The first-order valence-corrected chi connectivity index (χ1v) is 8.47. The molecule has 8 heteroatoms. The maximum Gasteiger partial charge on any atom is 0.348 e. The Balaban J connectivity index is 1.77. The molecule has 26 heavy (non-hydrogen) atoms. The minimum Gasteiger partial charge on any atom is -0.482 e. The lowest BCUT2D eigenvalue weighted by molar-refractivity contribution is -0.148. The van der Waals surface area contributed by atoms with Crippen molar-refractivity contribution in [2.45, 2.75) is 6.10 Å². The molecule has 0 saturated carbocycles. The van der Waals surface area contributed by atoms with Gasteiger partial charge in [-0.25, -0.2) is 4.79 Å². The number of hydrogen-bond acceptors (Lipinski definition) is 5. The number of amides is 1. The quantitative estimate of drug-likeness (QED) is 0.742. The van der Waals surface area contributed by atoms with Crippen molar-refractivity contribution >= 4 is 40.8 Å². The highest BCUT2D eigenvalue weighted by Crippen LogP contribution is 2.34. The standard InChI is InChI=1S/C18H15Cl2NO5/c1-24-18(23)16-9-21(13-4-2-3-5-15(13)26-16)17(22)10-25-14-7-6-11(19)8-12(14)20/h2-8,16H,9-10H2,1H3. The summed E-state index contributed by atoms with van der Waals surface area (Å²) in [7, 11) is 1.27. The fourth-order valence-electron chi connectivity index (χ4n) is 2.53. The van der Waals surface area contributed by atoms with Gasteiger partial charge in [-0.05, 0) is 30.3 Å². The molecule has 0 aliphatic carbocycles. The number of hydrogen-bond donors (Lipinski definition) is 0. The van der Waals surface area contributed by atoms with Crippen molar-refractivity contribution in [3.8, 4) is 11.5 Å². The molecule has 2 aromatic rings. The van der Waals surface area contributed by atoms with Gasteiger partial charge in [0.05, 0.1) is 24.4 Å². The van der Waals surface area contributed by atoms with Crippen LogP contribution in [-0.2, 0) is 14.3 Å². The first-order chi connectivity index (χ1) is 12.5. The number of fused-ring (bicyclic) bond motifs is 1. The van der Waals surface area contributed by atoms with Gasteiger partial charge in [0.1, 0.15) is 11.5 Å². The Bertz CT molecular complexity index is 842. The Morgan fingerprint density at radius 3 is 2.73 bits per heavy atom. The SMILES string of the molecule is COC(=O)C1CN(C(=O)COc2ccc(Cl)cc2Cl)c2ccccc2O1. The van der Waals surface area contributed by atoms with E-state index < -0.39 is 12.1 Å². The van der Waals surface area contributed by atoms with E-state index in [1.54, 1.807) is 36.4 Å². The molecule has 1 heterocycles. The van der Waals surface area contributed by atoms with E-state index in [0.717, 1.165) is 0 Å². The van der Waals surface area contributed by atoms with Crippen LogP contribution < -0.4 is 14.4 Å². The highest BCUT2D eigenvalue weighted by atomic mass is 35.5. The first kappa shape index (κ1) is 18.4. The van der Waals surface area contributed by atoms with E-state index in [1.165, 1.54) is 18.1 Å². The van der Waals surface area contributed by atoms with Crippen molar-refractivity contribution < 1.29 is 23.8 Å². The van der Waals surface area contributed by atoms with E-state index in [0.29, 0.717) is 27.2 Å². The van der Waals surface area contributed by atoms with Crippen LogP contribution in [0.4, 0.5) is 5.69 Å². The highest BCUT2D eigenvalue weighted by molar-refractivity contribution is 6.35. The van der Waals surface area contributed by atoms with Gasteiger partial charge in [0.15, 0.2) is 6.61 Å². The Hall–Kier alpha value is -2.44. The van der Waals surface area contributed by atoms with Crippen molar-refractivity contribution in [3.05, 3.63) is 52.5 Å². The normalized spacial score (nSPS) is 15.7. The lowest BCUT2D eigenvalue weighted by Gasteiger charge is -2.33. The number of carbonyl (C=O) groups is 2. The molecule has 6 nitrogen and oxygen atoms in total. The predicted octanol–water partition coefficient (Wildman–Crippen LogP) is 3.34. The van der Waals surface area contributed by atoms with Gasteiger partial charge in [-0.15, -0.1) is 0 Å². The van der Waals surface area contributed by atoms with Gasteiger partial charge >= 0.3 is 5.97 Å². The number of ether oxygens (including phenoxy) is 3. The molecule has 0 aromatic heterocycles. The average Bonchev–Trinajstić information content (AvgIpc) is 2.65. The maximum atomic E-state index is 12.7. The van der Waals surface area contributed by atoms with Crippen LogP contribution >= 0.6 is 23.2 Å². The number of halogens is 2. The number of benzene rings is 2. The lowest BCUT2D eigenvalue weighted by Crippen LogP contribution is -2.48. The molecule has 2 aromatic carbocycles.